The van der Waals surface area contributed by atoms with Crippen LogP contribution in [0.4, 0.5) is 0 Å². The molecule has 1 aliphatic rings. The highest BCUT2D eigenvalue weighted by atomic mass is 35.5. The van der Waals surface area contributed by atoms with Gasteiger partial charge >= 0.3 is 0 Å². The number of piperidine rings is 1. The van der Waals surface area contributed by atoms with Crippen LogP contribution in [0, 0.1) is 5.92 Å². The number of amides is 2. The predicted octanol–water partition coefficient (Wildman–Crippen LogP) is 4.67. The van der Waals surface area contributed by atoms with Crippen LogP contribution in [0.2, 0.25) is 5.02 Å². The quantitative estimate of drug-likeness (QED) is 0.632. The number of carbonyl (C=O) groups excluding carboxylic acids is 2. The second kappa shape index (κ2) is 9.40. The van der Waals surface area contributed by atoms with Gasteiger partial charge in [0.2, 0.25) is 5.91 Å². The average molecular weight is 437 g/mol. The molecule has 4 rings (SSSR count). The Morgan fingerprint density at radius 2 is 1.68 bits per heavy atom. The molecule has 1 saturated heterocycles. The van der Waals surface area contributed by atoms with Crippen molar-refractivity contribution in [1.29, 1.82) is 0 Å². The minimum absolute atomic E-state index is 0.00576. The third-order valence-corrected chi connectivity index (χ3v) is 6.27. The van der Waals surface area contributed by atoms with Crippen LogP contribution in [-0.4, -0.2) is 36.9 Å². The molecule has 3 aromatic rings. The van der Waals surface area contributed by atoms with Crippen LogP contribution in [0.3, 0.4) is 0 Å². The number of fused-ring (bicyclic) bond motifs is 1. The molecule has 3 aromatic carbocycles. The lowest BCUT2D eigenvalue weighted by molar-refractivity contribution is -0.126. The molecule has 1 aliphatic heterocycles. The maximum absolute atomic E-state index is 13.2. The van der Waals surface area contributed by atoms with Gasteiger partial charge in [0.25, 0.3) is 5.91 Å². The molecule has 1 fully saturated rings. The van der Waals surface area contributed by atoms with Gasteiger partial charge in [0, 0.05) is 41.5 Å². The van der Waals surface area contributed by atoms with Crippen molar-refractivity contribution in [2.75, 3.05) is 20.2 Å². The molecule has 5 nitrogen and oxygen atoms in total. The number of rotatable bonds is 5. The molecule has 2 amide bonds. The first kappa shape index (κ1) is 21.2. The summed E-state index contributed by atoms with van der Waals surface area (Å²) in [5.74, 6) is 0.663. The summed E-state index contributed by atoms with van der Waals surface area (Å²) in [7, 11) is 1.63. The van der Waals surface area contributed by atoms with E-state index in [1.807, 2.05) is 65.6 Å². The maximum Gasteiger partial charge on any atom is 0.254 e. The molecular weight excluding hydrogens is 412 g/mol. The minimum atomic E-state index is -0.0980. The number of halogens is 1. The third-order valence-electron chi connectivity index (χ3n) is 5.90. The van der Waals surface area contributed by atoms with Gasteiger partial charge in [-0.3, -0.25) is 9.59 Å². The first-order valence-electron chi connectivity index (χ1n) is 10.4. The summed E-state index contributed by atoms with van der Waals surface area (Å²) in [6.45, 7) is 1.53. The largest absolute Gasteiger partial charge is 0.496 e. The summed E-state index contributed by atoms with van der Waals surface area (Å²) in [5.41, 5.74) is 1.56. The lowest BCUT2D eigenvalue weighted by atomic mass is 9.94. The summed E-state index contributed by atoms with van der Waals surface area (Å²) in [5, 5.41) is 5.43. The Morgan fingerprint density at radius 1 is 1.00 bits per heavy atom. The highest BCUT2D eigenvalue weighted by molar-refractivity contribution is 6.31. The Balaban J connectivity index is 1.39. The zero-order valence-corrected chi connectivity index (χ0v) is 18.2. The van der Waals surface area contributed by atoms with Crippen LogP contribution in [0.1, 0.15) is 28.8 Å². The standard InChI is InChI=1S/C25H25ClN2O3/c1-31-23-11-10-21(19-7-3-4-8-20(19)23)25(30)28-14-12-17(13-15-28)24(29)27-16-18-6-2-5-9-22(18)26/h2-11,17H,12-16H2,1H3,(H,27,29). The molecule has 0 spiro atoms. The molecule has 6 heteroatoms. The van der Waals surface area contributed by atoms with Crippen molar-refractivity contribution >= 4 is 34.2 Å². The number of methoxy groups -OCH3 is 1. The third kappa shape index (κ3) is 4.52. The lowest BCUT2D eigenvalue weighted by Gasteiger charge is -2.31. The van der Waals surface area contributed by atoms with E-state index in [9.17, 15) is 9.59 Å². The summed E-state index contributed by atoms with van der Waals surface area (Å²) < 4.78 is 5.43. The number of ether oxygens (including phenoxy) is 1. The molecular formula is C25H25ClN2O3. The fourth-order valence-corrected chi connectivity index (χ4v) is 4.32. The monoisotopic (exact) mass is 436 g/mol. The average Bonchev–Trinajstić information content (AvgIpc) is 2.82. The second-order valence-electron chi connectivity index (χ2n) is 7.74. The first-order chi connectivity index (χ1) is 15.1. The molecule has 0 unspecified atom stereocenters. The van der Waals surface area contributed by atoms with Crippen LogP contribution in [0.15, 0.2) is 60.7 Å². The molecule has 0 atom stereocenters. The Hall–Kier alpha value is -3.05. The van der Waals surface area contributed by atoms with Crippen LogP contribution in [0.25, 0.3) is 10.8 Å². The second-order valence-corrected chi connectivity index (χ2v) is 8.14. The highest BCUT2D eigenvalue weighted by Gasteiger charge is 2.28. The van der Waals surface area contributed by atoms with E-state index in [1.165, 1.54) is 0 Å². The first-order valence-corrected chi connectivity index (χ1v) is 10.8. The van der Waals surface area contributed by atoms with Crippen molar-refractivity contribution in [3.63, 3.8) is 0 Å². The van der Waals surface area contributed by atoms with Gasteiger partial charge in [-0.2, -0.15) is 0 Å². The molecule has 1 N–H and O–H groups in total. The molecule has 0 aliphatic carbocycles. The zero-order chi connectivity index (χ0) is 21.8. The fraction of sp³-hybridized carbons (Fsp3) is 0.280. The molecule has 0 saturated carbocycles. The van der Waals surface area contributed by atoms with Crippen molar-refractivity contribution in [2.45, 2.75) is 19.4 Å². The van der Waals surface area contributed by atoms with Crippen LogP contribution >= 0.6 is 11.6 Å². The molecule has 1 heterocycles. The lowest BCUT2D eigenvalue weighted by Crippen LogP contribution is -2.43. The normalized spacial score (nSPS) is 14.5. The van der Waals surface area contributed by atoms with Crippen molar-refractivity contribution in [1.82, 2.24) is 10.2 Å². The van der Waals surface area contributed by atoms with E-state index in [-0.39, 0.29) is 17.7 Å². The van der Waals surface area contributed by atoms with Gasteiger partial charge in [-0.25, -0.2) is 0 Å². The van der Waals surface area contributed by atoms with Gasteiger partial charge in [-0.1, -0.05) is 54.1 Å². The van der Waals surface area contributed by atoms with Gasteiger partial charge in [-0.15, -0.1) is 0 Å². The number of hydrogen-bond acceptors (Lipinski definition) is 3. The summed E-state index contributed by atoms with van der Waals surface area (Å²) in [6.07, 6.45) is 1.29. The summed E-state index contributed by atoms with van der Waals surface area (Å²) in [4.78, 5) is 27.7. The van der Waals surface area contributed by atoms with Gasteiger partial charge in [0.15, 0.2) is 0 Å². The van der Waals surface area contributed by atoms with Crippen molar-refractivity contribution in [2.24, 2.45) is 5.92 Å². The number of likely N-dealkylation sites (tertiary alicyclic amines) is 1. The Labute approximate surface area is 186 Å². The Kier molecular flexibility index (Phi) is 6.42. The van der Waals surface area contributed by atoms with E-state index in [4.69, 9.17) is 16.3 Å². The number of benzene rings is 3. The Morgan fingerprint density at radius 3 is 2.39 bits per heavy atom. The van der Waals surface area contributed by atoms with Gasteiger partial charge in [-0.05, 0) is 42.0 Å². The Bertz CT molecular complexity index is 1110. The minimum Gasteiger partial charge on any atom is -0.496 e. The molecule has 0 radical (unpaired) electrons. The molecule has 31 heavy (non-hydrogen) atoms. The maximum atomic E-state index is 13.2. The highest BCUT2D eigenvalue weighted by Crippen LogP contribution is 2.30. The molecule has 0 aromatic heterocycles. The van der Waals surface area contributed by atoms with Crippen LogP contribution < -0.4 is 10.1 Å². The van der Waals surface area contributed by atoms with E-state index in [0.717, 1.165) is 22.1 Å². The van der Waals surface area contributed by atoms with Crippen LogP contribution in [0.5, 0.6) is 5.75 Å². The molecule has 0 bridgehead atoms. The number of hydrogen-bond donors (Lipinski definition) is 1. The topological polar surface area (TPSA) is 58.6 Å². The van der Waals surface area contributed by atoms with E-state index in [2.05, 4.69) is 5.32 Å². The number of nitrogens with one attached hydrogen (secondary N) is 1. The van der Waals surface area contributed by atoms with E-state index in [1.54, 1.807) is 7.11 Å². The summed E-state index contributed by atoms with van der Waals surface area (Å²) >= 11 is 6.16. The number of nitrogens with zero attached hydrogens (tertiary/aromatic N) is 1. The smallest absolute Gasteiger partial charge is 0.254 e. The van der Waals surface area contributed by atoms with Crippen LogP contribution in [-0.2, 0) is 11.3 Å². The fourth-order valence-electron chi connectivity index (χ4n) is 4.12. The molecule has 160 valence electrons. The zero-order valence-electron chi connectivity index (χ0n) is 17.4. The van der Waals surface area contributed by atoms with Crippen molar-refractivity contribution in [3.8, 4) is 5.75 Å². The van der Waals surface area contributed by atoms with E-state index in [0.29, 0.717) is 43.1 Å². The van der Waals surface area contributed by atoms with E-state index >= 15 is 0 Å². The van der Waals surface area contributed by atoms with Gasteiger partial charge in [0.05, 0.1) is 7.11 Å². The summed E-state index contributed by atoms with van der Waals surface area (Å²) in [6, 6.07) is 18.9. The SMILES string of the molecule is COc1ccc(C(=O)N2CCC(C(=O)NCc3ccccc3Cl)CC2)c2ccccc12. The van der Waals surface area contributed by atoms with E-state index < -0.39 is 0 Å². The van der Waals surface area contributed by atoms with Gasteiger partial charge in [0.1, 0.15) is 5.75 Å². The predicted molar refractivity (Wildman–Crippen MR) is 122 cm³/mol. The van der Waals surface area contributed by atoms with Gasteiger partial charge < -0.3 is 15.0 Å². The van der Waals surface area contributed by atoms with Crippen molar-refractivity contribution < 1.29 is 14.3 Å². The number of carbonyl (C=O) groups is 2. The van der Waals surface area contributed by atoms with Crippen molar-refractivity contribution in [3.05, 3.63) is 76.8 Å².